The van der Waals surface area contributed by atoms with Crippen LogP contribution in [0.15, 0.2) is 18.5 Å². The van der Waals surface area contributed by atoms with Crippen LogP contribution in [0.3, 0.4) is 0 Å². The van der Waals surface area contributed by atoms with E-state index in [2.05, 4.69) is 15.3 Å². The Hall–Kier alpha value is -1.75. The van der Waals surface area contributed by atoms with Gasteiger partial charge in [0.1, 0.15) is 28.9 Å². The molecule has 2 aromatic rings. The van der Waals surface area contributed by atoms with Gasteiger partial charge in [-0.15, -0.1) is 0 Å². The molecule has 0 unspecified atom stereocenters. The minimum absolute atomic E-state index is 0.0183. The van der Waals surface area contributed by atoms with Crippen molar-refractivity contribution < 1.29 is 8.78 Å². The molecule has 0 amide bonds. The van der Waals surface area contributed by atoms with Crippen LogP contribution in [0.5, 0.6) is 0 Å². The highest BCUT2D eigenvalue weighted by Gasteiger charge is 2.15. The number of nitrogens with one attached hydrogen (secondary N) is 1. The van der Waals surface area contributed by atoms with E-state index in [1.165, 1.54) is 13.3 Å². The summed E-state index contributed by atoms with van der Waals surface area (Å²) in [7, 11) is 0. The molecular weight excluding hydrogens is 284 g/mol. The fourth-order valence-corrected chi connectivity index (χ4v) is 2.21. The van der Waals surface area contributed by atoms with Gasteiger partial charge < -0.3 is 5.32 Å². The second kappa shape index (κ2) is 5.71. The molecule has 0 saturated carbocycles. The summed E-state index contributed by atoms with van der Waals surface area (Å²) in [5.74, 6) is -0.611. The average Bonchev–Trinajstić information content (AvgIpc) is 2.35. The van der Waals surface area contributed by atoms with Gasteiger partial charge in [-0.3, -0.25) is 0 Å². The van der Waals surface area contributed by atoms with Gasteiger partial charge in [-0.2, -0.15) is 0 Å². The van der Waals surface area contributed by atoms with E-state index in [1.807, 2.05) is 13.8 Å². The molecule has 20 heavy (non-hydrogen) atoms. The van der Waals surface area contributed by atoms with Crippen LogP contribution in [0.25, 0.3) is 0 Å². The maximum absolute atomic E-state index is 13.8. The molecule has 6 heteroatoms. The molecule has 0 spiro atoms. The number of hydrogen-bond acceptors (Lipinski definition) is 3. The molecule has 2 rings (SSSR count). The highest BCUT2D eigenvalue weighted by molar-refractivity contribution is 6.30. The van der Waals surface area contributed by atoms with E-state index in [0.717, 1.165) is 12.1 Å². The summed E-state index contributed by atoms with van der Waals surface area (Å²) in [5.41, 5.74) is 0.928. The molecule has 0 aliphatic carbocycles. The van der Waals surface area contributed by atoms with Gasteiger partial charge in [0.25, 0.3) is 0 Å². The van der Waals surface area contributed by atoms with Crippen LogP contribution in [0.1, 0.15) is 30.9 Å². The van der Waals surface area contributed by atoms with Crippen LogP contribution in [0, 0.1) is 18.6 Å². The van der Waals surface area contributed by atoms with Crippen molar-refractivity contribution in [3.63, 3.8) is 0 Å². The summed E-state index contributed by atoms with van der Waals surface area (Å²) in [6, 6.07) is 2.24. The number of aryl methyl sites for hydroxylation is 1. The van der Waals surface area contributed by atoms with Crippen molar-refractivity contribution in [2.45, 2.75) is 26.7 Å². The van der Waals surface area contributed by atoms with Crippen LogP contribution in [0.4, 0.5) is 20.3 Å². The number of nitrogens with zero attached hydrogens (tertiary/aromatic N) is 2. The van der Waals surface area contributed by atoms with E-state index in [9.17, 15) is 8.78 Å². The third-order valence-corrected chi connectivity index (χ3v) is 3.22. The van der Waals surface area contributed by atoms with Gasteiger partial charge in [-0.1, -0.05) is 25.4 Å². The lowest BCUT2D eigenvalue weighted by atomic mass is 10.1. The zero-order valence-electron chi connectivity index (χ0n) is 11.3. The number of halogens is 3. The molecular formula is C14H14ClF2N3. The van der Waals surface area contributed by atoms with Crippen LogP contribution in [0.2, 0.25) is 5.15 Å². The first-order valence-corrected chi connectivity index (χ1v) is 6.51. The smallest absolute Gasteiger partial charge is 0.147 e. The molecule has 0 atom stereocenters. The third-order valence-electron chi connectivity index (χ3n) is 2.91. The highest BCUT2D eigenvalue weighted by atomic mass is 35.5. The maximum Gasteiger partial charge on any atom is 0.147 e. The SMILES string of the molecule is Cc1cc(F)c(Nc2ncnc(Cl)c2C(C)C)cc1F. The van der Waals surface area contributed by atoms with Crippen molar-refractivity contribution in [1.29, 1.82) is 0 Å². The lowest BCUT2D eigenvalue weighted by molar-refractivity contribution is 0.595. The molecule has 3 nitrogen and oxygen atoms in total. The Labute approximate surface area is 121 Å². The summed E-state index contributed by atoms with van der Waals surface area (Å²) in [6.45, 7) is 5.34. The first-order chi connectivity index (χ1) is 9.40. The molecule has 0 bridgehead atoms. The largest absolute Gasteiger partial charge is 0.337 e. The topological polar surface area (TPSA) is 37.8 Å². The van der Waals surface area contributed by atoms with E-state index in [0.29, 0.717) is 16.5 Å². The molecule has 0 radical (unpaired) electrons. The number of hydrogen-bond donors (Lipinski definition) is 1. The Bertz CT molecular complexity index is 645. The number of anilines is 2. The molecule has 0 fully saturated rings. The standard InChI is InChI=1S/C14H14ClF2N3/c1-7(2)12-13(15)18-6-19-14(12)20-11-5-9(16)8(3)4-10(11)17/h4-7H,1-3H3,(H,18,19,20). The second-order valence-corrected chi connectivity index (χ2v) is 5.15. The zero-order chi connectivity index (χ0) is 14.9. The van der Waals surface area contributed by atoms with Crippen molar-refractivity contribution in [3.8, 4) is 0 Å². The van der Waals surface area contributed by atoms with Crippen molar-refractivity contribution in [3.05, 3.63) is 46.4 Å². The zero-order valence-corrected chi connectivity index (χ0v) is 12.1. The normalized spacial score (nSPS) is 10.9. The summed E-state index contributed by atoms with van der Waals surface area (Å²) in [4.78, 5) is 7.96. The van der Waals surface area contributed by atoms with Gasteiger partial charge in [0.05, 0.1) is 5.69 Å². The molecule has 1 heterocycles. The van der Waals surface area contributed by atoms with Crippen molar-refractivity contribution in [1.82, 2.24) is 9.97 Å². The highest BCUT2D eigenvalue weighted by Crippen LogP contribution is 2.31. The van der Waals surface area contributed by atoms with E-state index < -0.39 is 11.6 Å². The van der Waals surface area contributed by atoms with E-state index >= 15 is 0 Å². The summed E-state index contributed by atoms with van der Waals surface area (Å²) >= 11 is 6.03. The van der Waals surface area contributed by atoms with Gasteiger partial charge >= 0.3 is 0 Å². The molecule has 1 aromatic carbocycles. The maximum atomic E-state index is 13.8. The number of aromatic nitrogens is 2. The fourth-order valence-electron chi connectivity index (χ4n) is 1.85. The monoisotopic (exact) mass is 297 g/mol. The van der Waals surface area contributed by atoms with Gasteiger partial charge in [0, 0.05) is 11.6 Å². The molecule has 106 valence electrons. The van der Waals surface area contributed by atoms with Crippen molar-refractivity contribution in [2.24, 2.45) is 0 Å². The Kier molecular flexibility index (Phi) is 4.18. The van der Waals surface area contributed by atoms with Crippen LogP contribution >= 0.6 is 11.6 Å². The quantitative estimate of drug-likeness (QED) is 0.842. The third kappa shape index (κ3) is 2.88. The van der Waals surface area contributed by atoms with Gasteiger partial charge in [0.2, 0.25) is 0 Å². The van der Waals surface area contributed by atoms with Crippen LogP contribution < -0.4 is 5.32 Å². The van der Waals surface area contributed by atoms with Crippen LogP contribution in [-0.4, -0.2) is 9.97 Å². The lowest BCUT2D eigenvalue weighted by Gasteiger charge is -2.15. The first kappa shape index (κ1) is 14.7. The second-order valence-electron chi connectivity index (χ2n) is 4.79. The van der Waals surface area contributed by atoms with Crippen molar-refractivity contribution >= 4 is 23.1 Å². The summed E-state index contributed by atoms with van der Waals surface area (Å²) < 4.78 is 27.4. The van der Waals surface area contributed by atoms with E-state index in [1.54, 1.807) is 0 Å². The minimum Gasteiger partial charge on any atom is -0.337 e. The molecule has 1 aromatic heterocycles. The fraction of sp³-hybridized carbons (Fsp3) is 0.286. The number of rotatable bonds is 3. The van der Waals surface area contributed by atoms with Gasteiger partial charge in [0.15, 0.2) is 0 Å². The van der Waals surface area contributed by atoms with Crippen molar-refractivity contribution in [2.75, 3.05) is 5.32 Å². The Morgan fingerprint density at radius 1 is 1.15 bits per heavy atom. The van der Waals surface area contributed by atoms with Crippen LogP contribution in [-0.2, 0) is 0 Å². The molecule has 0 aliphatic heterocycles. The van der Waals surface area contributed by atoms with Gasteiger partial charge in [-0.25, -0.2) is 18.7 Å². The van der Waals surface area contributed by atoms with Gasteiger partial charge in [-0.05, 0) is 24.5 Å². The number of benzene rings is 1. The Morgan fingerprint density at radius 3 is 2.50 bits per heavy atom. The predicted octanol–water partition coefficient (Wildman–Crippen LogP) is 4.58. The Morgan fingerprint density at radius 2 is 1.85 bits per heavy atom. The van der Waals surface area contributed by atoms with E-state index in [4.69, 9.17) is 11.6 Å². The lowest BCUT2D eigenvalue weighted by Crippen LogP contribution is -2.05. The molecule has 0 saturated heterocycles. The Balaban J connectivity index is 2.45. The first-order valence-electron chi connectivity index (χ1n) is 6.13. The average molecular weight is 298 g/mol. The molecule has 1 N–H and O–H groups in total. The summed E-state index contributed by atoms with van der Waals surface area (Å²) in [6.07, 6.45) is 1.28. The predicted molar refractivity (Wildman–Crippen MR) is 75.5 cm³/mol. The minimum atomic E-state index is -0.548. The summed E-state index contributed by atoms with van der Waals surface area (Å²) in [5, 5.41) is 3.08. The molecule has 0 aliphatic rings. The van der Waals surface area contributed by atoms with E-state index in [-0.39, 0.29) is 17.2 Å².